The summed E-state index contributed by atoms with van der Waals surface area (Å²) in [7, 11) is 0. The molecule has 1 aromatic carbocycles. The Labute approximate surface area is 104 Å². The second-order valence-corrected chi connectivity index (χ2v) is 5.77. The molecule has 0 bridgehead atoms. The molecule has 0 aliphatic carbocycles. The average Bonchev–Trinajstić information content (AvgIpc) is 2.71. The van der Waals surface area contributed by atoms with Crippen molar-refractivity contribution in [3.05, 3.63) is 29.3 Å². The molecule has 3 rings (SSSR count). The number of nitrogens with zero attached hydrogens (tertiary/aromatic N) is 1. The van der Waals surface area contributed by atoms with Crippen LogP contribution in [0.1, 0.15) is 17.8 Å². The Morgan fingerprint density at radius 1 is 1.29 bits per heavy atom. The summed E-state index contributed by atoms with van der Waals surface area (Å²) in [5, 5.41) is 4.12. The first kappa shape index (κ1) is 11.1. The third-order valence-electron chi connectivity index (χ3n) is 3.31. The normalized spacial score (nSPS) is 19.6. The quantitative estimate of drug-likeness (QED) is 0.886. The van der Waals surface area contributed by atoms with Gasteiger partial charge in [0.2, 0.25) is 0 Å². The van der Waals surface area contributed by atoms with Crippen molar-refractivity contribution in [3.8, 4) is 0 Å². The van der Waals surface area contributed by atoms with Gasteiger partial charge in [0.1, 0.15) is 5.67 Å². The standard InChI is InChI=1S/C13H15FN2S/c14-13(5-7-15-8-6-13)9-12-16-10-3-1-2-4-11(10)17-12/h1-4,15H,5-9H2. The number of fused-ring (bicyclic) bond motifs is 1. The number of nitrogens with one attached hydrogen (secondary N) is 1. The van der Waals surface area contributed by atoms with E-state index in [9.17, 15) is 4.39 Å². The van der Waals surface area contributed by atoms with Gasteiger partial charge in [0, 0.05) is 6.42 Å². The van der Waals surface area contributed by atoms with Gasteiger partial charge in [0.25, 0.3) is 0 Å². The highest BCUT2D eigenvalue weighted by atomic mass is 32.1. The lowest BCUT2D eigenvalue weighted by Gasteiger charge is -2.29. The van der Waals surface area contributed by atoms with Crippen molar-refractivity contribution in [2.24, 2.45) is 0 Å². The lowest BCUT2D eigenvalue weighted by molar-refractivity contribution is 0.116. The van der Waals surface area contributed by atoms with Crippen molar-refractivity contribution in [3.63, 3.8) is 0 Å². The number of para-hydroxylation sites is 1. The van der Waals surface area contributed by atoms with Crippen molar-refractivity contribution in [2.45, 2.75) is 24.9 Å². The smallest absolute Gasteiger partial charge is 0.119 e. The van der Waals surface area contributed by atoms with E-state index < -0.39 is 5.67 Å². The number of piperidine rings is 1. The molecule has 17 heavy (non-hydrogen) atoms. The summed E-state index contributed by atoms with van der Waals surface area (Å²) >= 11 is 1.62. The summed E-state index contributed by atoms with van der Waals surface area (Å²) in [6.07, 6.45) is 1.67. The molecule has 0 saturated carbocycles. The van der Waals surface area contributed by atoms with Crippen LogP contribution in [0.5, 0.6) is 0 Å². The maximum absolute atomic E-state index is 14.5. The second kappa shape index (κ2) is 4.35. The van der Waals surface area contributed by atoms with Crippen molar-refractivity contribution in [2.75, 3.05) is 13.1 Å². The average molecular weight is 250 g/mol. The number of thiazole rings is 1. The Kier molecular flexibility index (Phi) is 2.84. The minimum atomic E-state index is -1.06. The van der Waals surface area contributed by atoms with Crippen LogP contribution < -0.4 is 5.32 Å². The number of aromatic nitrogens is 1. The summed E-state index contributed by atoms with van der Waals surface area (Å²) in [5.74, 6) is 0. The van der Waals surface area contributed by atoms with Crippen molar-refractivity contribution >= 4 is 21.6 Å². The minimum absolute atomic E-state index is 0.466. The maximum atomic E-state index is 14.5. The number of benzene rings is 1. The van der Waals surface area contributed by atoms with Crippen molar-refractivity contribution in [1.29, 1.82) is 0 Å². The van der Waals surface area contributed by atoms with Gasteiger partial charge in [-0.3, -0.25) is 0 Å². The zero-order chi connectivity index (χ0) is 11.7. The summed E-state index contributed by atoms with van der Waals surface area (Å²) in [5.41, 5.74) is -0.0656. The van der Waals surface area contributed by atoms with Gasteiger partial charge in [-0.15, -0.1) is 11.3 Å². The SMILES string of the molecule is FC1(Cc2nc3ccccc3s2)CCNCC1. The molecule has 0 unspecified atom stereocenters. The van der Waals surface area contributed by atoms with Crippen LogP contribution in [0.2, 0.25) is 0 Å². The zero-order valence-electron chi connectivity index (χ0n) is 9.58. The topological polar surface area (TPSA) is 24.9 Å². The number of rotatable bonds is 2. The van der Waals surface area contributed by atoms with Gasteiger partial charge in [-0.2, -0.15) is 0 Å². The number of halogens is 1. The van der Waals surface area contributed by atoms with E-state index >= 15 is 0 Å². The van der Waals surface area contributed by atoms with Gasteiger partial charge in [0.05, 0.1) is 15.2 Å². The van der Waals surface area contributed by atoms with Gasteiger partial charge < -0.3 is 5.32 Å². The number of alkyl halides is 1. The highest BCUT2D eigenvalue weighted by Gasteiger charge is 2.32. The van der Waals surface area contributed by atoms with Crippen LogP contribution in [-0.4, -0.2) is 23.7 Å². The Morgan fingerprint density at radius 2 is 2.06 bits per heavy atom. The fourth-order valence-corrected chi connectivity index (χ4v) is 3.41. The van der Waals surface area contributed by atoms with Crippen LogP contribution >= 0.6 is 11.3 Å². The highest BCUT2D eigenvalue weighted by Crippen LogP contribution is 2.31. The molecule has 1 N–H and O–H groups in total. The van der Waals surface area contributed by atoms with Crippen LogP contribution in [-0.2, 0) is 6.42 Å². The first-order valence-electron chi connectivity index (χ1n) is 5.99. The molecule has 2 aromatic rings. The molecule has 90 valence electrons. The van der Waals surface area contributed by atoms with Gasteiger partial charge >= 0.3 is 0 Å². The highest BCUT2D eigenvalue weighted by molar-refractivity contribution is 7.18. The largest absolute Gasteiger partial charge is 0.316 e. The number of hydrogen-bond donors (Lipinski definition) is 1. The molecule has 2 nitrogen and oxygen atoms in total. The summed E-state index contributed by atoms with van der Waals surface area (Å²) in [6, 6.07) is 8.01. The van der Waals surface area contributed by atoms with Crippen LogP contribution in [0.25, 0.3) is 10.2 Å². The fourth-order valence-electron chi connectivity index (χ4n) is 2.32. The van der Waals surface area contributed by atoms with Gasteiger partial charge in [-0.1, -0.05) is 12.1 Å². The van der Waals surface area contributed by atoms with E-state index in [2.05, 4.69) is 10.3 Å². The molecule has 1 aromatic heterocycles. The van der Waals surface area contributed by atoms with Gasteiger partial charge in [-0.05, 0) is 38.1 Å². The Balaban J connectivity index is 1.84. The molecule has 1 aliphatic heterocycles. The van der Waals surface area contributed by atoms with E-state index in [4.69, 9.17) is 0 Å². The van der Waals surface area contributed by atoms with Crippen LogP contribution in [0.15, 0.2) is 24.3 Å². The molecule has 1 fully saturated rings. The number of hydrogen-bond acceptors (Lipinski definition) is 3. The Hall–Kier alpha value is -1.00. The van der Waals surface area contributed by atoms with E-state index in [1.165, 1.54) is 0 Å². The fraction of sp³-hybridized carbons (Fsp3) is 0.462. The van der Waals surface area contributed by atoms with E-state index in [0.717, 1.165) is 28.3 Å². The van der Waals surface area contributed by atoms with E-state index in [-0.39, 0.29) is 0 Å². The zero-order valence-corrected chi connectivity index (χ0v) is 10.4. The first-order chi connectivity index (χ1) is 8.25. The van der Waals surface area contributed by atoms with Crippen molar-refractivity contribution < 1.29 is 4.39 Å². The van der Waals surface area contributed by atoms with Crippen LogP contribution in [0.3, 0.4) is 0 Å². The molecule has 2 heterocycles. The molecule has 4 heteroatoms. The third kappa shape index (κ3) is 2.33. The Morgan fingerprint density at radius 3 is 2.82 bits per heavy atom. The lowest BCUT2D eigenvalue weighted by Crippen LogP contribution is -2.40. The van der Waals surface area contributed by atoms with E-state index in [1.54, 1.807) is 11.3 Å². The predicted octanol–water partition coefficient (Wildman–Crippen LogP) is 2.93. The van der Waals surface area contributed by atoms with Crippen LogP contribution in [0.4, 0.5) is 4.39 Å². The monoisotopic (exact) mass is 250 g/mol. The first-order valence-corrected chi connectivity index (χ1v) is 6.81. The molecule has 0 amide bonds. The van der Waals surface area contributed by atoms with E-state index in [0.29, 0.717) is 19.3 Å². The second-order valence-electron chi connectivity index (χ2n) is 4.65. The van der Waals surface area contributed by atoms with Gasteiger partial charge in [-0.25, -0.2) is 9.37 Å². The Bertz CT molecular complexity index is 484. The molecule has 1 aliphatic rings. The lowest BCUT2D eigenvalue weighted by atomic mass is 9.91. The van der Waals surface area contributed by atoms with Crippen LogP contribution in [0, 0.1) is 0 Å². The molecule has 1 saturated heterocycles. The molecule has 0 spiro atoms. The van der Waals surface area contributed by atoms with Gasteiger partial charge in [0.15, 0.2) is 0 Å². The summed E-state index contributed by atoms with van der Waals surface area (Å²) < 4.78 is 15.7. The third-order valence-corrected chi connectivity index (χ3v) is 4.34. The molecular weight excluding hydrogens is 235 g/mol. The minimum Gasteiger partial charge on any atom is -0.316 e. The molecular formula is C13H15FN2S. The predicted molar refractivity (Wildman–Crippen MR) is 69.3 cm³/mol. The van der Waals surface area contributed by atoms with E-state index in [1.807, 2.05) is 24.3 Å². The molecule has 0 atom stereocenters. The maximum Gasteiger partial charge on any atom is 0.119 e. The summed E-state index contributed by atoms with van der Waals surface area (Å²) in [6.45, 7) is 1.56. The summed E-state index contributed by atoms with van der Waals surface area (Å²) in [4.78, 5) is 4.51. The van der Waals surface area contributed by atoms with Crippen molar-refractivity contribution in [1.82, 2.24) is 10.3 Å². The molecule has 0 radical (unpaired) electrons.